The van der Waals surface area contributed by atoms with Crippen LogP contribution in [0, 0.1) is 0 Å². The predicted molar refractivity (Wildman–Crippen MR) is 77.7 cm³/mol. The van der Waals surface area contributed by atoms with E-state index >= 15 is 0 Å². The third-order valence-electron chi connectivity index (χ3n) is 2.76. The molecule has 0 radical (unpaired) electrons. The van der Waals surface area contributed by atoms with Crippen molar-refractivity contribution in [3.8, 4) is 0 Å². The smallest absolute Gasteiger partial charge is 0.0701 e. The van der Waals surface area contributed by atoms with Gasteiger partial charge in [-0.05, 0) is 31.0 Å². The molecular formula is C14H23ClN2O2. The molecule has 0 aliphatic heterocycles. The van der Waals surface area contributed by atoms with Gasteiger partial charge in [-0.15, -0.1) is 0 Å². The first-order valence-corrected chi connectivity index (χ1v) is 7.04. The molecule has 1 rings (SSSR count). The number of ether oxygens (including phenoxy) is 2. The molecule has 1 atom stereocenters. The molecule has 0 amide bonds. The number of hydrogen-bond acceptors (Lipinski definition) is 4. The van der Waals surface area contributed by atoms with E-state index in [1.165, 1.54) is 0 Å². The van der Waals surface area contributed by atoms with Gasteiger partial charge < -0.3 is 14.8 Å². The molecule has 19 heavy (non-hydrogen) atoms. The summed E-state index contributed by atoms with van der Waals surface area (Å²) in [5, 5.41) is 4.19. The van der Waals surface area contributed by atoms with Gasteiger partial charge in [-0.1, -0.05) is 18.5 Å². The lowest BCUT2D eigenvalue weighted by Gasteiger charge is -2.19. The normalized spacial score (nSPS) is 12.6. The van der Waals surface area contributed by atoms with E-state index in [-0.39, 0.29) is 6.04 Å². The van der Waals surface area contributed by atoms with Gasteiger partial charge >= 0.3 is 0 Å². The van der Waals surface area contributed by atoms with Crippen LogP contribution in [0.3, 0.4) is 0 Å². The van der Waals surface area contributed by atoms with Crippen LogP contribution in [0.2, 0.25) is 5.02 Å². The van der Waals surface area contributed by atoms with E-state index in [1.54, 1.807) is 19.5 Å². The molecule has 1 aromatic heterocycles. The van der Waals surface area contributed by atoms with Crippen LogP contribution in [-0.4, -0.2) is 44.5 Å². The number of nitrogens with one attached hydrogen (secondary N) is 1. The fourth-order valence-electron chi connectivity index (χ4n) is 1.74. The van der Waals surface area contributed by atoms with Crippen LogP contribution in [-0.2, 0) is 15.9 Å². The minimum Gasteiger partial charge on any atom is -0.382 e. The Morgan fingerprint density at radius 1 is 1.42 bits per heavy atom. The largest absolute Gasteiger partial charge is 0.382 e. The van der Waals surface area contributed by atoms with Crippen LogP contribution < -0.4 is 5.32 Å². The summed E-state index contributed by atoms with van der Waals surface area (Å²) < 4.78 is 10.6. The fraction of sp³-hybridized carbons (Fsp3) is 0.643. The number of pyridine rings is 1. The Bertz CT molecular complexity index is 350. The number of hydrogen-bond donors (Lipinski definition) is 1. The van der Waals surface area contributed by atoms with Gasteiger partial charge in [-0.3, -0.25) is 4.98 Å². The van der Waals surface area contributed by atoms with Crippen LogP contribution in [0.1, 0.15) is 18.9 Å². The molecule has 5 heteroatoms. The summed E-state index contributed by atoms with van der Waals surface area (Å²) in [6.45, 7) is 5.01. The quantitative estimate of drug-likeness (QED) is 0.670. The molecule has 1 aromatic rings. The standard InChI is InChI=1S/C14H23ClN2O2/c1-3-5-17-13(11-19-8-7-18-2)9-12-4-6-16-10-14(12)15/h4,6,10,13,17H,3,5,7-9,11H2,1-2H3. The third-order valence-corrected chi connectivity index (χ3v) is 3.10. The maximum Gasteiger partial charge on any atom is 0.0701 e. The topological polar surface area (TPSA) is 43.4 Å². The van der Waals surface area contributed by atoms with E-state index in [0.717, 1.165) is 24.9 Å². The number of nitrogens with zero attached hydrogens (tertiary/aromatic N) is 1. The van der Waals surface area contributed by atoms with Gasteiger partial charge in [-0.2, -0.15) is 0 Å². The molecule has 0 saturated heterocycles. The van der Waals surface area contributed by atoms with Crippen molar-refractivity contribution in [2.45, 2.75) is 25.8 Å². The van der Waals surface area contributed by atoms with E-state index < -0.39 is 0 Å². The Hall–Kier alpha value is -0.680. The number of halogens is 1. The maximum absolute atomic E-state index is 6.14. The van der Waals surface area contributed by atoms with E-state index in [0.29, 0.717) is 24.8 Å². The van der Waals surface area contributed by atoms with Crippen molar-refractivity contribution in [2.75, 3.05) is 33.5 Å². The van der Waals surface area contributed by atoms with E-state index in [4.69, 9.17) is 21.1 Å². The zero-order valence-corrected chi connectivity index (χ0v) is 12.4. The van der Waals surface area contributed by atoms with Crippen molar-refractivity contribution < 1.29 is 9.47 Å². The summed E-state index contributed by atoms with van der Waals surface area (Å²) >= 11 is 6.14. The SMILES string of the molecule is CCCNC(COCCOC)Cc1ccncc1Cl. The molecular weight excluding hydrogens is 264 g/mol. The van der Waals surface area contributed by atoms with Crippen molar-refractivity contribution in [1.29, 1.82) is 0 Å². The average molecular weight is 287 g/mol. The lowest BCUT2D eigenvalue weighted by Crippen LogP contribution is -2.36. The lowest BCUT2D eigenvalue weighted by atomic mass is 10.1. The zero-order valence-electron chi connectivity index (χ0n) is 11.7. The summed E-state index contributed by atoms with van der Waals surface area (Å²) in [6, 6.07) is 2.22. The third kappa shape index (κ3) is 6.87. The van der Waals surface area contributed by atoms with Gasteiger partial charge in [0.25, 0.3) is 0 Å². The molecule has 1 unspecified atom stereocenters. The highest BCUT2D eigenvalue weighted by molar-refractivity contribution is 6.31. The Labute approximate surface area is 120 Å². The summed E-state index contributed by atoms with van der Waals surface area (Å²) in [7, 11) is 1.67. The molecule has 108 valence electrons. The molecule has 0 fully saturated rings. The Balaban J connectivity index is 2.46. The molecule has 0 aromatic carbocycles. The molecule has 0 aliphatic rings. The lowest BCUT2D eigenvalue weighted by molar-refractivity contribution is 0.0587. The number of methoxy groups -OCH3 is 1. The highest BCUT2D eigenvalue weighted by Crippen LogP contribution is 2.15. The Kier molecular flexibility index (Phi) is 8.75. The molecule has 4 nitrogen and oxygen atoms in total. The highest BCUT2D eigenvalue weighted by Gasteiger charge is 2.11. The van der Waals surface area contributed by atoms with Crippen LogP contribution >= 0.6 is 11.6 Å². The molecule has 1 N–H and O–H groups in total. The van der Waals surface area contributed by atoms with Crippen molar-refractivity contribution in [3.05, 3.63) is 29.0 Å². The molecule has 0 aliphatic carbocycles. The summed E-state index contributed by atoms with van der Waals surface area (Å²) in [6.07, 6.45) is 5.39. The zero-order chi connectivity index (χ0) is 13.9. The van der Waals surface area contributed by atoms with Crippen molar-refractivity contribution in [3.63, 3.8) is 0 Å². The van der Waals surface area contributed by atoms with Gasteiger partial charge in [0.15, 0.2) is 0 Å². The summed E-state index contributed by atoms with van der Waals surface area (Å²) in [4.78, 5) is 4.00. The highest BCUT2D eigenvalue weighted by atomic mass is 35.5. The van der Waals surface area contributed by atoms with Crippen molar-refractivity contribution >= 4 is 11.6 Å². The van der Waals surface area contributed by atoms with E-state index in [1.807, 2.05) is 6.07 Å². The number of rotatable bonds is 10. The monoisotopic (exact) mass is 286 g/mol. The number of aromatic nitrogens is 1. The fourth-order valence-corrected chi connectivity index (χ4v) is 1.94. The van der Waals surface area contributed by atoms with E-state index in [9.17, 15) is 0 Å². The average Bonchev–Trinajstić information content (AvgIpc) is 2.43. The van der Waals surface area contributed by atoms with Crippen molar-refractivity contribution in [1.82, 2.24) is 10.3 Å². The minimum atomic E-state index is 0.261. The Morgan fingerprint density at radius 3 is 2.95 bits per heavy atom. The summed E-state index contributed by atoms with van der Waals surface area (Å²) in [5.41, 5.74) is 1.10. The van der Waals surface area contributed by atoms with Crippen LogP contribution in [0.5, 0.6) is 0 Å². The minimum absolute atomic E-state index is 0.261. The predicted octanol–water partition coefficient (Wildman–Crippen LogP) is 2.31. The second-order valence-electron chi connectivity index (χ2n) is 4.39. The molecule has 1 heterocycles. The molecule has 0 bridgehead atoms. The first-order chi connectivity index (χ1) is 9.27. The van der Waals surface area contributed by atoms with Crippen molar-refractivity contribution in [2.24, 2.45) is 0 Å². The molecule has 0 spiro atoms. The van der Waals surface area contributed by atoms with Gasteiger partial charge in [-0.25, -0.2) is 0 Å². The first-order valence-electron chi connectivity index (χ1n) is 6.66. The Morgan fingerprint density at radius 2 is 2.26 bits per heavy atom. The summed E-state index contributed by atoms with van der Waals surface area (Å²) in [5.74, 6) is 0. The maximum atomic E-state index is 6.14. The van der Waals surface area contributed by atoms with Gasteiger partial charge in [0.1, 0.15) is 0 Å². The van der Waals surface area contributed by atoms with Gasteiger partial charge in [0.05, 0.1) is 24.8 Å². The first kappa shape index (κ1) is 16.4. The second kappa shape index (κ2) is 10.1. The van der Waals surface area contributed by atoms with E-state index in [2.05, 4.69) is 17.2 Å². The van der Waals surface area contributed by atoms with Crippen LogP contribution in [0.15, 0.2) is 18.5 Å². The van der Waals surface area contributed by atoms with Gasteiger partial charge in [0, 0.05) is 25.5 Å². The van der Waals surface area contributed by atoms with Gasteiger partial charge in [0.2, 0.25) is 0 Å². The second-order valence-corrected chi connectivity index (χ2v) is 4.80. The van der Waals surface area contributed by atoms with Crippen LogP contribution in [0.25, 0.3) is 0 Å². The van der Waals surface area contributed by atoms with Crippen LogP contribution in [0.4, 0.5) is 0 Å². The molecule has 0 saturated carbocycles.